The van der Waals surface area contributed by atoms with Crippen LogP contribution >= 0.6 is 0 Å². The van der Waals surface area contributed by atoms with Gasteiger partial charge in [0, 0.05) is 26.1 Å². The van der Waals surface area contributed by atoms with Gasteiger partial charge in [0.2, 0.25) is 10.0 Å². The summed E-state index contributed by atoms with van der Waals surface area (Å²) in [5.41, 5.74) is 0. The highest BCUT2D eigenvalue weighted by molar-refractivity contribution is 7.88. The first-order chi connectivity index (χ1) is 9.20. The van der Waals surface area contributed by atoms with Crippen LogP contribution in [0.2, 0.25) is 0 Å². The Balaban J connectivity index is 2.33. The van der Waals surface area contributed by atoms with Crippen molar-refractivity contribution in [1.29, 1.82) is 0 Å². The number of amides is 2. The highest BCUT2D eigenvalue weighted by atomic mass is 32.2. The third-order valence-corrected chi connectivity index (χ3v) is 3.55. The van der Waals surface area contributed by atoms with Gasteiger partial charge in [-0.2, -0.15) is 0 Å². The SMILES string of the molecule is CS(=O)(=O)NCCCNC(=O)N1C[C@H](O)C[C@H]1C(=O)O. The lowest BCUT2D eigenvalue weighted by Gasteiger charge is -2.21. The van der Waals surface area contributed by atoms with Crippen LogP contribution in [0.15, 0.2) is 0 Å². The average molecular weight is 309 g/mol. The third kappa shape index (κ3) is 5.31. The van der Waals surface area contributed by atoms with Gasteiger partial charge in [0.25, 0.3) is 0 Å². The topological polar surface area (TPSA) is 136 Å². The van der Waals surface area contributed by atoms with Crippen molar-refractivity contribution in [3.8, 4) is 0 Å². The van der Waals surface area contributed by atoms with Gasteiger partial charge in [0.1, 0.15) is 6.04 Å². The number of hydrogen-bond donors (Lipinski definition) is 4. The first-order valence-electron chi connectivity index (χ1n) is 6.10. The lowest BCUT2D eigenvalue weighted by Crippen LogP contribution is -2.46. The van der Waals surface area contributed by atoms with E-state index in [9.17, 15) is 23.1 Å². The monoisotopic (exact) mass is 309 g/mol. The average Bonchev–Trinajstić information content (AvgIpc) is 2.69. The largest absolute Gasteiger partial charge is 0.480 e. The number of carbonyl (C=O) groups is 2. The lowest BCUT2D eigenvalue weighted by atomic mass is 10.2. The molecule has 0 aromatic heterocycles. The molecule has 2 amide bonds. The van der Waals surface area contributed by atoms with Crippen molar-refractivity contribution in [3.63, 3.8) is 0 Å². The summed E-state index contributed by atoms with van der Waals surface area (Å²) in [5.74, 6) is -1.16. The number of likely N-dealkylation sites (tertiary alicyclic amines) is 1. The highest BCUT2D eigenvalue weighted by Gasteiger charge is 2.38. The Bertz CT molecular complexity index is 466. The van der Waals surface area contributed by atoms with Crippen molar-refractivity contribution in [2.24, 2.45) is 0 Å². The number of carboxylic acid groups (broad SMARTS) is 1. The number of carboxylic acids is 1. The maximum atomic E-state index is 11.8. The Kier molecular flexibility index (Phi) is 5.72. The number of aliphatic hydroxyl groups excluding tert-OH is 1. The van der Waals surface area contributed by atoms with Gasteiger partial charge >= 0.3 is 12.0 Å². The number of urea groups is 1. The molecule has 10 heteroatoms. The fourth-order valence-corrected chi connectivity index (χ4v) is 2.43. The molecule has 0 aliphatic carbocycles. The summed E-state index contributed by atoms with van der Waals surface area (Å²) >= 11 is 0. The van der Waals surface area contributed by atoms with Gasteiger partial charge in [0.15, 0.2) is 0 Å². The summed E-state index contributed by atoms with van der Waals surface area (Å²) in [4.78, 5) is 23.8. The maximum absolute atomic E-state index is 11.8. The van der Waals surface area contributed by atoms with Crippen molar-refractivity contribution in [3.05, 3.63) is 0 Å². The van der Waals surface area contributed by atoms with Gasteiger partial charge in [-0.05, 0) is 6.42 Å². The van der Waals surface area contributed by atoms with E-state index < -0.39 is 34.2 Å². The number of sulfonamides is 1. The van der Waals surface area contributed by atoms with Gasteiger partial charge in [-0.1, -0.05) is 0 Å². The minimum Gasteiger partial charge on any atom is -0.480 e. The third-order valence-electron chi connectivity index (χ3n) is 2.82. The molecule has 9 nitrogen and oxygen atoms in total. The number of rotatable bonds is 6. The van der Waals surface area contributed by atoms with Crippen LogP contribution in [-0.2, 0) is 14.8 Å². The minimum atomic E-state index is -3.25. The normalized spacial score (nSPS) is 22.8. The number of aliphatic carboxylic acids is 1. The molecule has 4 N–H and O–H groups in total. The Morgan fingerprint density at radius 2 is 2.00 bits per heavy atom. The van der Waals surface area contributed by atoms with E-state index in [2.05, 4.69) is 10.0 Å². The van der Waals surface area contributed by atoms with Crippen LogP contribution in [0.4, 0.5) is 4.79 Å². The summed E-state index contributed by atoms with van der Waals surface area (Å²) in [6.07, 6.45) is 0.591. The molecule has 1 heterocycles. The Morgan fingerprint density at radius 1 is 1.35 bits per heavy atom. The van der Waals surface area contributed by atoms with E-state index in [0.717, 1.165) is 11.2 Å². The van der Waals surface area contributed by atoms with Crippen molar-refractivity contribution < 1.29 is 28.2 Å². The molecule has 0 spiro atoms. The molecule has 2 atom stereocenters. The number of carbonyl (C=O) groups excluding carboxylic acids is 1. The molecule has 116 valence electrons. The summed E-state index contributed by atoms with van der Waals surface area (Å²) in [7, 11) is -3.25. The maximum Gasteiger partial charge on any atom is 0.326 e. The van der Waals surface area contributed by atoms with Gasteiger partial charge in [-0.3, -0.25) is 0 Å². The molecular formula is C10H19N3O6S. The van der Waals surface area contributed by atoms with Gasteiger partial charge in [-0.25, -0.2) is 22.7 Å². The Hall–Kier alpha value is -1.39. The van der Waals surface area contributed by atoms with E-state index in [4.69, 9.17) is 5.11 Å². The van der Waals surface area contributed by atoms with Crippen LogP contribution < -0.4 is 10.0 Å². The summed E-state index contributed by atoms with van der Waals surface area (Å²) < 4.78 is 23.9. The zero-order valence-corrected chi connectivity index (χ0v) is 11.9. The quantitative estimate of drug-likeness (QED) is 0.425. The second kappa shape index (κ2) is 6.86. The minimum absolute atomic E-state index is 0.0123. The van der Waals surface area contributed by atoms with Gasteiger partial charge in [-0.15, -0.1) is 0 Å². The molecule has 0 radical (unpaired) electrons. The number of nitrogens with one attached hydrogen (secondary N) is 2. The number of nitrogens with zero attached hydrogens (tertiary/aromatic N) is 1. The van der Waals surface area contributed by atoms with Gasteiger partial charge < -0.3 is 20.4 Å². The van der Waals surface area contributed by atoms with Gasteiger partial charge in [0.05, 0.1) is 12.4 Å². The van der Waals surface area contributed by atoms with E-state index in [-0.39, 0.29) is 26.1 Å². The van der Waals surface area contributed by atoms with Crippen LogP contribution in [0.1, 0.15) is 12.8 Å². The second-order valence-electron chi connectivity index (χ2n) is 4.65. The Labute approximate surface area is 117 Å². The smallest absolute Gasteiger partial charge is 0.326 e. The molecule has 1 aliphatic heterocycles. The highest BCUT2D eigenvalue weighted by Crippen LogP contribution is 2.17. The van der Waals surface area contributed by atoms with Crippen molar-refractivity contribution in [1.82, 2.24) is 14.9 Å². The number of aliphatic hydroxyl groups is 1. The van der Waals surface area contributed by atoms with Crippen LogP contribution in [0.5, 0.6) is 0 Å². The molecule has 1 saturated heterocycles. The molecule has 0 bridgehead atoms. The molecule has 0 unspecified atom stereocenters. The standard InChI is InChI=1S/C10H19N3O6S/c1-20(18,19)12-4-2-3-11-10(17)13-6-7(14)5-8(13)9(15)16/h7-8,12,14H,2-6H2,1H3,(H,11,17)(H,15,16)/t7-,8+/m1/s1. The zero-order valence-electron chi connectivity index (χ0n) is 11.1. The van der Waals surface area contributed by atoms with Crippen LogP contribution in [0, 0.1) is 0 Å². The van der Waals surface area contributed by atoms with Crippen LogP contribution in [0.3, 0.4) is 0 Å². The number of β-amino-alcohol motifs (C(OH)–C–C–N with tert-alkyl or cyclic N) is 1. The van der Waals surface area contributed by atoms with Crippen LogP contribution in [-0.4, -0.2) is 73.6 Å². The second-order valence-corrected chi connectivity index (χ2v) is 6.48. The molecule has 0 aromatic rings. The molecule has 1 rings (SSSR count). The Morgan fingerprint density at radius 3 is 2.55 bits per heavy atom. The molecule has 1 fully saturated rings. The van der Waals surface area contributed by atoms with Crippen molar-refractivity contribution >= 4 is 22.0 Å². The van der Waals surface area contributed by atoms with Crippen molar-refractivity contribution in [2.75, 3.05) is 25.9 Å². The lowest BCUT2D eigenvalue weighted by molar-refractivity contribution is -0.141. The van der Waals surface area contributed by atoms with E-state index in [1.807, 2.05) is 0 Å². The predicted molar refractivity (Wildman–Crippen MR) is 69.6 cm³/mol. The summed E-state index contributed by atoms with van der Waals surface area (Å²) in [6.45, 7) is 0.370. The molecule has 0 saturated carbocycles. The first kappa shape index (κ1) is 16.7. The van der Waals surface area contributed by atoms with E-state index in [1.54, 1.807) is 0 Å². The van der Waals surface area contributed by atoms with E-state index in [0.29, 0.717) is 6.42 Å². The van der Waals surface area contributed by atoms with E-state index in [1.165, 1.54) is 0 Å². The molecule has 0 aromatic carbocycles. The van der Waals surface area contributed by atoms with Crippen molar-refractivity contribution in [2.45, 2.75) is 25.0 Å². The predicted octanol–water partition coefficient (Wildman–Crippen LogP) is -1.84. The fourth-order valence-electron chi connectivity index (χ4n) is 1.92. The molecule has 1 aliphatic rings. The molecular weight excluding hydrogens is 290 g/mol. The fraction of sp³-hybridized carbons (Fsp3) is 0.800. The summed E-state index contributed by atoms with van der Waals surface area (Å²) in [6, 6.07) is -1.60. The first-order valence-corrected chi connectivity index (χ1v) is 8.00. The zero-order chi connectivity index (χ0) is 15.3. The molecule has 20 heavy (non-hydrogen) atoms. The van der Waals surface area contributed by atoms with E-state index >= 15 is 0 Å². The van der Waals surface area contributed by atoms with Crippen LogP contribution in [0.25, 0.3) is 0 Å². The number of hydrogen-bond acceptors (Lipinski definition) is 5. The summed E-state index contributed by atoms with van der Waals surface area (Å²) in [5, 5.41) is 20.8.